The zero-order chi connectivity index (χ0) is 7.56. The molecular weight excluding hydrogens is 120 g/mol. The van der Waals surface area contributed by atoms with Crippen molar-refractivity contribution in [2.24, 2.45) is 11.8 Å². The molecular formula is C10H18. The van der Waals surface area contributed by atoms with E-state index in [1.54, 1.807) is 5.57 Å². The van der Waals surface area contributed by atoms with Gasteiger partial charge >= 0.3 is 0 Å². The molecule has 0 aliphatic heterocycles. The Morgan fingerprint density at radius 2 is 2.30 bits per heavy atom. The number of rotatable bonds is 2. The molecule has 0 spiro atoms. The van der Waals surface area contributed by atoms with Crippen LogP contribution in [0.2, 0.25) is 0 Å². The first-order valence-corrected chi connectivity index (χ1v) is 4.41. The van der Waals surface area contributed by atoms with Crippen LogP contribution < -0.4 is 0 Å². The Bertz CT molecular complexity index is 133. The summed E-state index contributed by atoms with van der Waals surface area (Å²) in [6.45, 7) is 6.90. The van der Waals surface area contributed by atoms with E-state index in [-0.39, 0.29) is 0 Å². The first-order chi connectivity index (χ1) is 4.74. The van der Waals surface area contributed by atoms with Crippen LogP contribution in [-0.4, -0.2) is 0 Å². The Morgan fingerprint density at radius 1 is 1.60 bits per heavy atom. The lowest BCUT2D eigenvalue weighted by Crippen LogP contribution is -2.02. The number of hydrogen-bond acceptors (Lipinski definition) is 0. The summed E-state index contributed by atoms with van der Waals surface area (Å²) in [7, 11) is 0. The maximum absolute atomic E-state index is 2.47. The van der Waals surface area contributed by atoms with Gasteiger partial charge in [0.2, 0.25) is 0 Å². The third-order valence-corrected chi connectivity index (χ3v) is 2.50. The SMILES string of the molecule is CCCC1C=C(C)CC1C. The molecule has 0 radical (unpaired) electrons. The normalized spacial score (nSPS) is 32.5. The van der Waals surface area contributed by atoms with Crippen molar-refractivity contribution in [3.05, 3.63) is 11.6 Å². The van der Waals surface area contributed by atoms with Gasteiger partial charge in [-0.2, -0.15) is 0 Å². The van der Waals surface area contributed by atoms with Crippen molar-refractivity contribution < 1.29 is 0 Å². The van der Waals surface area contributed by atoms with Crippen LogP contribution in [0, 0.1) is 11.8 Å². The van der Waals surface area contributed by atoms with Gasteiger partial charge in [-0.25, -0.2) is 0 Å². The van der Waals surface area contributed by atoms with Gasteiger partial charge in [0.15, 0.2) is 0 Å². The Kier molecular flexibility index (Phi) is 2.53. The summed E-state index contributed by atoms with van der Waals surface area (Å²) in [4.78, 5) is 0. The van der Waals surface area contributed by atoms with Crippen molar-refractivity contribution in [2.45, 2.75) is 40.0 Å². The summed E-state index contributed by atoms with van der Waals surface area (Å²) in [5.74, 6) is 1.81. The summed E-state index contributed by atoms with van der Waals surface area (Å²) >= 11 is 0. The average molecular weight is 138 g/mol. The third-order valence-electron chi connectivity index (χ3n) is 2.50. The molecule has 1 rings (SSSR count). The van der Waals surface area contributed by atoms with E-state index >= 15 is 0 Å². The Labute approximate surface area is 64.3 Å². The topological polar surface area (TPSA) is 0 Å². The molecule has 0 heterocycles. The maximum Gasteiger partial charge on any atom is -0.0202 e. The van der Waals surface area contributed by atoms with Crippen molar-refractivity contribution in [3.8, 4) is 0 Å². The lowest BCUT2D eigenvalue weighted by molar-refractivity contribution is 0.428. The van der Waals surface area contributed by atoms with Crippen LogP contribution in [-0.2, 0) is 0 Å². The number of hydrogen-bond donors (Lipinski definition) is 0. The zero-order valence-electron chi connectivity index (χ0n) is 7.35. The van der Waals surface area contributed by atoms with E-state index in [1.165, 1.54) is 19.3 Å². The van der Waals surface area contributed by atoms with Crippen LogP contribution >= 0.6 is 0 Å². The average Bonchev–Trinajstić information content (AvgIpc) is 2.13. The predicted molar refractivity (Wildman–Crippen MR) is 45.9 cm³/mol. The van der Waals surface area contributed by atoms with E-state index in [0.29, 0.717) is 0 Å². The van der Waals surface area contributed by atoms with Crippen LogP contribution in [0.3, 0.4) is 0 Å². The monoisotopic (exact) mass is 138 g/mol. The first-order valence-electron chi connectivity index (χ1n) is 4.41. The zero-order valence-corrected chi connectivity index (χ0v) is 7.35. The van der Waals surface area contributed by atoms with Gasteiger partial charge in [0.05, 0.1) is 0 Å². The second-order valence-corrected chi connectivity index (χ2v) is 3.65. The molecule has 0 aromatic rings. The third kappa shape index (κ3) is 1.62. The van der Waals surface area contributed by atoms with Gasteiger partial charge in [-0.15, -0.1) is 0 Å². The van der Waals surface area contributed by atoms with Crippen LogP contribution in [0.1, 0.15) is 40.0 Å². The van der Waals surface area contributed by atoms with E-state index in [1.807, 2.05) is 0 Å². The Balaban J connectivity index is 2.44. The van der Waals surface area contributed by atoms with Crippen molar-refractivity contribution in [1.82, 2.24) is 0 Å². The van der Waals surface area contributed by atoms with Gasteiger partial charge in [0.1, 0.15) is 0 Å². The van der Waals surface area contributed by atoms with Crippen LogP contribution in [0.5, 0.6) is 0 Å². The molecule has 0 heteroatoms. The van der Waals surface area contributed by atoms with Crippen LogP contribution in [0.15, 0.2) is 11.6 Å². The summed E-state index contributed by atoms with van der Waals surface area (Å²) in [5, 5.41) is 0. The van der Waals surface area contributed by atoms with Crippen LogP contribution in [0.25, 0.3) is 0 Å². The molecule has 1 aliphatic rings. The van der Waals surface area contributed by atoms with Crippen molar-refractivity contribution >= 4 is 0 Å². The van der Waals surface area contributed by atoms with Gasteiger partial charge in [-0.05, 0) is 31.6 Å². The fourth-order valence-corrected chi connectivity index (χ4v) is 1.96. The summed E-state index contributed by atoms with van der Waals surface area (Å²) in [5.41, 5.74) is 1.60. The van der Waals surface area contributed by atoms with E-state index in [4.69, 9.17) is 0 Å². The summed E-state index contributed by atoms with van der Waals surface area (Å²) < 4.78 is 0. The maximum atomic E-state index is 2.47. The van der Waals surface area contributed by atoms with E-state index < -0.39 is 0 Å². The number of allylic oxidation sites excluding steroid dienone is 2. The van der Waals surface area contributed by atoms with E-state index in [9.17, 15) is 0 Å². The minimum absolute atomic E-state index is 0.894. The standard InChI is InChI=1S/C10H18/c1-4-5-10-7-8(2)6-9(10)3/h7,9-10H,4-6H2,1-3H3. The van der Waals surface area contributed by atoms with Crippen LogP contribution in [0.4, 0.5) is 0 Å². The minimum atomic E-state index is 0.894. The largest absolute Gasteiger partial charge is 0.0822 e. The molecule has 0 saturated carbocycles. The van der Waals surface area contributed by atoms with Gasteiger partial charge in [0.25, 0.3) is 0 Å². The van der Waals surface area contributed by atoms with Gasteiger partial charge in [-0.1, -0.05) is 31.9 Å². The fourth-order valence-electron chi connectivity index (χ4n) is 1.96. The molecule has 2 unspecified atom stereocenters. The minimum Gasteiger partial charge on any atom is -0.0822 e. The summed E-state index contributed by atoms with van der Waals surface area (Å²) in [6.07, 6.45) is 6.52. The molecule has 0 aromatic carbocycles. The molecule has 0 N–H and O–H groups in total. The second-order valence-electron chi connectivity index (χ2n) is 3.65. The molecule has 0 saturated heterocycles. The second kappa shape index (κ2) is 3.23. The Hall–Kier alpha value is -0.260. The van der Waals surface area contributed by atoms with Crippen molar-refractivity contribution in [3.63, 3.8) is 0 Å². The molecule has 0 fully saturated rings. The fraction of sp³-hybridized carbons (Fsp3) is 0.800. The smallest absolute Gasteiger partial charge is 0.0202 e. The highest BCUT2D eigenvalue weighted by Crippen LogP contribution is 2.32. The predicted octanol–water partition coefficient (Wildman–Crippen LogP) is 3.39. The highest BCUT2D eigenvalue weighted by atomic mass is 14.2. The van der Waals surface area contributed by atoms with E-state index in [2.05, 4.69) is 26.8 Å². The lowest BCUT2D eigenvalue weighted by Gasteiger charge is -2.12. The van der Waals surface area contributed by atoms with Gasteiger partial charge in [-0.3, -0.25) is 0 Å². The quantitative estimate of drug-likeness (QED) is 0.513. The summed E-state index contributed by atoms with van der Waals surface area (Å²) in [6, 6.07) is 0. The van der Waals surface area contributed by atoms with Crippen molar-refractivity contribution in [1.29, 1.82) is 0 Å². The Morgan fingerprint density at radius 3 is 2.70 bits per heavy atom. The van der Waals surface area contributed by atoms with Gasteiger partial charge < -0.3 is 0 Å². The highest BCUT2D eigenvalue weighted by Gasteiger charge is 2.20. The van der Waals surface area contributed by atoms with Gasteiger partial charge in [0, 0.05) is 0 Å². The molecule has 1 aliphatic carbocycles. The molecule has 0 amide bonds. The lowest BCUT2D eigenvalue weighted by atomic mass is 9.93. The van der Waals surface area contributed by atoms with Crippen molar-refractivity contribution in [2.75, 3.05) is 0 Å². The molecule has 0 bridgehead atoms. The molecule has 10 heavy (non-hydrogen) atoms. The molecule has 2 atom stereocenters. The molecule has 0 nitrogen and oxygen atoms in total. The molecule has 58 valence electrons. The first kappa shape index (κ1) is 7.84. The highest BCUT2D eigenvalue weighted by molar-refractivity contribution is 5.10. The van der Waals surface area contributed by atoms with E-state index in [0.717, 1.165) is 11.8 Å². The molecule has 0 aromatic heterocycles.